The Bertz CT molecular complexity index is 649. The molecular formula is C16H18N2O4S. The number of amides is 2. The molecule has 7 heteroatoms. The van der Waals surface area contributed by atoms with E-state index in [0.717, 1.165) is 10.6 Å². The molecule has 1 aromatic carbocycles. The first-order valence-corrected chi connectivity index (χ1v) is 8.57. The average Bonchev–Trinajstić information content (AvgIpc) is 2.99. The van der Waals surface area contributed by atoms with E-state index in [1.54, 1.807) is 0 Å². The van der Waals surface area contributed by atoms with Crippen LogP contribution >= 0.6 is 11.8 Å². The molecule has 2 amide bonds. The van der Waals surface area contributed by atoms with Crippen LogP contribution in [0.5, 0.6) is 0 Å². The van der Waals surface area contributed by atoms with Gasteiger partial charge in [-0.15, -0.1) is 11.8 Å². The number of aliphatic carboxylic acids is 1. The molecule has 1 heterocycles. The predicted octanol–water partition coefficient (Wildman–Crippen LogP) is 1.49. The number of carbonyl (C=O) groups excluding carboxylic acids is 2. The summed E-state index contributed by atoms with van der Waals surface area (Å²) in [6.45, 7) is -0.0232. The van der Waals surface area contributed by atoms with E-state index in [1.807, 2.05) is 24.3 Å². The molecule has 1 aromatic rings. The predicted molar refractivity (Wildman–Crippen MR) is 86.4 cm³/mol. The molecule has 0 saturated heterocycles. The van der Waals surface area contributed by atoms with Crippen molar-refractivity contribution in [1.82, 2.24) is 5.32 Å². The molecule has 23 heavy (non-hydrogen) atoms. The maximum atomic E-state index is 12.2. The molecule has 0 spiro atoms. The third kappa shape index (κ3) is 3.50. The van der Waals surface area contributed by atoms with Crippen molar-refractivity contribution < 1.29 is 19.5 Å². The maximum absolute atomic E-state index is 12.2. The minimum atomic E-state index is -0.807. The van der Waals surface area contributed by atoms with Crippen LogP contribution in [-0.2, 0) is 14.4 Å². The Morgan fingerprint density at radius 1 is 1.30 bits per heavy atom. The van der Waals surface area contributed by atoms with Gasteiger partial charge in [-0.2, -0.15) is 0 Å². The quantitative estimate of drug-likeness (QED) is 0.871. The largest absolute Gasteiger partial charge is 0.481 e. The number of hydrogen-bond acceptors (Lipinski definition) is 4. The second kappa shape index (κ2) is 6.62. The van der Waals surface area contributed by atoms with Crippen LogP contribution in [0, 0.1) is 5.92 Å². The molecule has 0 aromatic heterocycles. The molecule has 3 rings (SSSR count). The summed E-state index contributed by atoms with van der Waals surface area (Å²) in [7, 11) is 0. The van der Waals surface area contributed by atoms with Crippen molar-refractivity contribution in [3.63, 3.8) is 0 Å². The summed E-state index contributed by atoms with van der Waals surface area (Å²) in [6.07, 6.45) is 1.72. The van der Waals surface area contributed by atoms with Crippen molar-refractivity contribution in [1.29, 1.82) is 0 Å². The number of nitrogens with zero attached hydrogens (tertiary/aromatic N) is 1. The lowest BCUT2D eigenvalue weighted by atomic mass is 10.1. The highest BCUT2D eigenvalue weighted by molar-refractivity contribution is 8.00. The van der Waals surface area contributed by atoms with E-state index in [-0.39, 0.29) is 30.3 Å². The fraction of sp³-hybridized carbons (Fsp3) is 0.438. The Labute approximate surface area is 138 Å². The zero-order valence-electron chi connectivity index (χ0n) is 12.5. The molecule has 6 nitrogen and oxygen atoms in total. The van der Waals surface area contributed by atoms with E-state index < -0.39 is 5.97 Å². The van der Waals surface area contributed by atoms with Crippen LogP contribution in [0.2, 0.25) is 0 Å². The number of carboxylic acid groups (broad SMARTS) is 1. The van der Waals surface area contributed by atoms with Crippen molar-refractivity contribution in [2.24, 2.45) is 5.92 Å². The standard InChI is InChI=1S/C16H18N2O4S/c19-14(17-11-6-5-10(7-11)16(21)22)8-18-12-3-1-2-4-13(12)23-9-15(18)20/h1-4,10-11H,5-9H2,(H,17,19)(H,21,22)/t10-,11+/m1/s1. The number of carbonyl (C=O) groups is 3. The molecule has 2 N–H and O–H groups in total. The second-order valence-corrected chi connectivity index (χ2v) is 6.87. The molecule has 1 aliphatic carbocycles. The smallest absolute Gasteiger partial charge is 0.306 e. The van der Waals surface area contributed by atoms with E-state index in [0.29, 0.717) is 25.0 Å². The fourth-order valence-electron chi connectivity index (χ4n) is 3.08. The fourth-order valence-corrected chi connectivity index (χ4v) is 4.02. The summed E-state index contributed by atoms with van der Waals surface area (Å²) < 4.78 is 0. The highest BCUT2D eigenvalue weighted by Crippen LogP contribution is 2.34. The van der Waals surface area contributed by atoms with E-state index in [1.165, 1.54) is 16.7 Å². The van der Waals surface area contributed by atoms with E-state index in [2.05, 4.69) is 5.32 Å². The van der Waals surface area contributed by atoms with Crippen molar-refractivity contribution >= 4 is 35.2 Å². The molecule has 1 aliphatic heterocycles. The molecule has 0 unspecified atom stereocenters. The van der Waals surface area contributed by atoms with Crippen molar-refractivity contribution in [2.75, 3.05) is 17.2 Å². The van der Waals surface area contributed by atoms with Gasteiger partial charge in [-0.3, -0.25) is 14.4 Å². The highest BCUT2D eigenvalue weighted by Gasteiger charge is 2.32. The summed E-state index contributed by atoms with van der Waals surface area (Å²) in [5.74, 6) is -1.18. The number of benzene rings is 1. The third-order valence-corrected chi connectivity index (χ3v) is 5.30. The number of carboxylic acids is 1. The second-order valence-electron chi connectivity index (χ2n) is 5.85. The summed E-state index contributed by atoms with van der Waals surface area (Å²) in [5.41, 5.74) is 0.763. The maximum Gasteiger partial charge on any atom is 0.306 e. The van der Waals surface area contributed by atoms with Gasteiger partial charge in [0.15, 0.2) is 0 Å². The number of anilines is 1. The number of nitrogens with one attached hydrogen (secondary N) is 1. The van der Waals surface area contributed by atoms with Crippen LogP contribution in [-0.4, -0.2) is 41.2 Å². The first-order chi connectivity index (χ1) is 11.0. The molecular weight excluding hydrogens is 316 g/mol. The molecule has 1 saturated carbocycles. The van der Waals surface area contributed by atoms with Gasteiger partial charge in [0, 0.05) is 10.9 Å². The van der Waals surface area contributed by atoms with Crippen molar-refractivity contribution in [3.05, 3.63) is 24.3 Å². The Balaban J connectivity index is 1.62. The van der Waals surface area contributed by atoms with Gasteiger partial charge < -0.3 is 15.3 Å². The summed E-state index contributed by atoms with van der Waals surface area (Å²) >= 11 is 1.48. The van der Waals surface area contributed by atoms with E-state index in [4.69, 9.17) is 5.11 Å². The van der Waals surface area contributed by atoms with Gasteiger partial charge in [-0.05, 0) is 31.4 Å². The highest BCUT2D eigenvalue weighted by atomic mass is 32.2. The average molecular weight is 334 g/mol. The number of thioether (sulfide) groups is 1. The van der Waals surface area contributed by atoms with Gasteiger partial charge in [0.1, 0.15) is 6.54 Å². The minimum absolute atomic E-state index is 0.0232. The Morgan fingerprint density at radius 3 is 2.83 bits per heavy atom. The van der Waals surface area contributed by atoms with Gasteiger partial charge in [0.25, 0.3) is 0 Å². The molecule has 122 valence electrons. The number of fused-ring (bicyclic) bond motifs is 1. The van der Waals surface area contributed by atoms with Gasteiger partial charge in [0.05, 0.1) is 17.4 Å². The topological polar surface area (TPSA) is 86.7 Å². The third-order valence-electron chi connectivity index (χ3n) is 4.26. The Kier molecular flexibility index (Phi) is 4.56. The lowest BCUT2D eigenvalue weighted by Crippen LogP contribution is -2.45. The van der Waals surface area contributed by atoms with Gasteiger partial charge >= 0.3 is 5.97 Å². The Morgan fingerprint density at radius 2 is 2.09 bits per heavy atom. The monoisotopic (exact) mass is 334 g/mol. The Hall–Kier alpha value is -2.02. The zero-order valence-corrected chi connectivity index (χ0v) is 13.3. The normalized spacial score (nSPS) is 23.5. The first-order valence-electron chi connectivity index (χ1n) is 7.59. The number of para-hydroxylation sites is 1. The van der Waals surface area contributed by atoms with Crippen molar-refractivity contribution in [3.8, 4) is 0 Å². The van der Waals surface area contributed by atoms with Gasteiger partial charge in [-0.25, -0.2) is 0 Å². The molecule has 2 aliphatic rings. The summed E-state index contributed by atoms with van der Waals surface area (Å²) in [6, 6.07) is 7.41. The summed E-state index contributed by atoms with van der Waals surface area (Å²) in [4.78, 5) is 37.8. The van der Waals surface area contributed by atoms with Crippen LogP contribution < -0.4 is 10.2 Å². The molecule has 1 fully saturated rings. The lowest BCUT2D eigenvalue weighted by molar-refractivity contribution is -0.141. The molecule has 0 radical (unpaired) electrons. The van der Waals surface area contributed by atoms with Gasteiger partial charge in [-0.1, -0.05) is 12.1 Å². The zero-order chi connectivity index (χ0) is 16.4. The lowest BCUT2D eigenvalue weighted by Gasteiger charge is -2.28. The number of hydrogen-bond donors (Lipinski definition) is 2. The molecule has 2 atom stereocenters. The van der Waals surface area contributed by atoms with Gasteiger partial charge in [0.2, 0.25) is 11.8 Å². The van der Waals surface area contributed by atoms with Crippen LogP contribution in [0.4, 0.5) is 5.69 Å². The summed E-state index contributed by atoms with van der Waals surface area (Å²) in [5, 5.41) is 11.9. The van der Waals surface area contributed by atoms with Crippen molar-refractivity contribution in [2.45, 2.75) is 30.2 Å². The number of rotatable bonds is 4. The van der Waals surface area contributed by atoms with E-state index >= 15 is 0 Å². The van der Waals surface area contributed by atoms with Crippen LogP contribution in [0.1, 0.15) is 19.3 Å². The van der Waals surface area contributed by atoms with E-state index in [9.17, 15) is 14.4 Å². The van der Waals surface area contributed by atoms with Crippen LogP contribution in [0.25, 0.3) is 0 Å². The molecule has 0 bridgehead atoms. The SMILES string of the molecule is O=C(CN1C(=O)CSc2ccccc21)N[C@H]1CC[C@@H](C(=O)O)C1. The van der Waals surface area contributed by atoms with Crippen LogP contribution in [0.15, 0.2) is 29.2 Å². The first kappa shape index (κ1) is 15.9. The van der Waals surface area contributed by atoms with Crippen LogP contribution in [0.3, 0.4) is 0 Å². The minimum Gasteiger partial charge on any atom is -0.481 e.